The standard InChI is InChI=1S/C50H54N4O11S3/c1-49(2)40-32-38(67(60,61)62)23-25-43(40)52(45(49)18-12-19-46-50(3,4)41-33-39(68(63,64)65)24-26-44(41)53(46)30-13-31-66(57,58)59)29-11-5-6-20-47(55)51-28-27-48(56)54-34-37-16-8-7-14-35(37)21-22-36-15-9-10-17-42(36)54/h7-10,12,14-19,23-26,32-33H,5-6,11,13,20,27-31,34H2,1-4H3,(H3-,51,55,57,58,59,60,61,62,63,64,65)/p+1. The molecule has 68 heavy (non-hydrogen) atoms. The minimum Gasteiger partial charge on any atom is -0.356 e. The third kappa shape index (κ3) is 11.0. The topological polar surface area (TPSA) is 219 Å². The maximum absolute atomic E-state index is 13.6. The molecule has 3 heterocycles. The summed E-state index contributed by atoms with van der Waals surface area (Å²) in [5.41, 5.74) is 5.78. The molecule has 0 aromatic heterocycles. The van der Waals surface area contributed by atoms with Gasteiger partial charge in [-0.3, -0.25) is 23.2 Å². The Morgan fingerprint density at radius 1 is 0.735 bits per heavy atom. The molecule has 0 saturated carbocycles. The molecule has 0 radical (unpaired) electrons. The van der Waals surface area contributed by atoms with Gasteiger partial charge in [0.15, 0.2) is 5.71 Å². The Morgan fingerprint density at radius 2 is 1.38 bits per heavy atom. The molecule has 0 atom stereocenters. The quantitative estimate of drug-likeness (QED) is 0.0361. The average molecular weight is 984 g/mol. The molecule has 18 heteroatoms. The zero-order chi connectivity index (χ0) is 49.2. The lowest BCUT2D eigenvalue weighted by atomic mass is 9.81. The number of fused-ring (bicyclic) bond motifs is 4. The van der Waals surface area contributed by atoms with Gasteiger partial charge in [-0.15, -0.1) is 0 Å². The van der Waals surface area contributed by atoms with Crippen LogP contribution in [0.15, 0.2) is 119 Å². The van der Waals surface area contributed by atoms with Crippen molar-refractivity contribution in [1.29, 1.82) is 0 Å². The summed E-state index contributed by atoms with van der Waals surface area (Å²) in [6.07, 6.45) is 7.85. The zero-order valence-corrected chi connectivity index (χ0v) is 40.7. The minimum atomic E-state index is -4.54. The monoisotopic (exact) mass is 983 g/mol. The maximum atomic E-state index is 13.6. The van der Waals surface area contributed by atoms with Crippen molar-refractivity contribution < 1.29 is 53.1 Å². The fourth-order valence-electron chi connectivity index (χ4n) is 9.22. The van der Waals surface area contributed by atoms with Crippen molar-refractivity contribution in [3.05, 3.63) is 137 Å². The maximum Gasteiger partial charge on any atom is 0.294 e. The van der Waals surface area contributed by atoms with E-state index in [1.807, 2.05) is 99.0 Å². The van der Waals surface area contributed by atoms with Gasteiger partial charge in [0.2, 0.25) is 17.5 Å². The van der Waals surface area contributed by atoms with Crippen molar-refractivity contribution in [2.24, 2.45) is 0 Å². The van der Waals surface area contributed by atoms with Crippen LogP contribution in [0.25, 0.3) is 0 Å². The van der Waals surface area contributed by atoms with Crippen LogP contribution < -0.4 is 15.1 Å². The summed E-state index contributed by atoms with van der Waals surface area (Å²) >= 11 is 0. The molecule has 4 N–H and O–H groups in total. The number of nitrogens with one attached hydrogen (secondary N) is 1. The predicted octanol–water partition coefficient (Wildman–Crippen LogP) is 7.09. The molecule has 3 aliphatic heterocycles. The van der Waals surface area contributed by atoms with Gasteiger partial charge < -0.3 is 15.1 Å². The molecule has 0 spiro atoms. The molecule has 0 bridgehead atoms. The normalized spacial score (nSPS) is 16.7. The molecule has 3 aliphatic rings. The highest BCUT2D eigenvalue weighted by Crippen LogP contribution is 2.49. The molecule has 15 nitrogen and oxygen atoms in total. The number of benzene rings is 4. The number of para-hydroxylation sites is 1. The number of amides is 2. The average Bonchev–Trinajstić information content (AvgIpc) is 3.60. The third-order valence-corrected chi connectivity index (χ3v) is 15.2. The number of hydrogen-bond donors (Lipinski definition) is 4. The van der Waals surface area contributed by atoms with Crippen LogP contribution in [0.2, 0.25) is 0 Å². The summed E-state index contributed by atoms with van der Waals surface area (Å²) in [6.45, 7) is 8.82. The van der Waals surface area contributed by atoms with Crippen LogP contribution >= 0.6 is 0 Å². The number of rotatable bonds is 17. The van der Waals surface area contributed by atoms with Crippen molar-refractivity contribution in [2.75, 3.05) is 35.2 Å². The Kier molecular flexibility index (Phi) is 14.4. The number of carbonyl (C=O) groups is 2. The second-order valence-corrected chi connectivity index (χ2v) is 22.5. The van der Waals surface area contributed by atoms with E-state index in [-0.39, 0.29) is 54.0 Å². The molecule has 7 rings (SSSR count). The van der Waals surface area contributed by atoms with E-state index in [1.54, 1.807) is 17.0 Å². The van der Waals surface area contributed by atoms with Crippen molar-refractivity contribution in [2.45, 2.75) is 93.4 Å². The van der Waals surface area contributed by atoms with Gasteiger partial charge in [0.1, 0.15) is 6.54 Å². The molecular weight excluding hydrogens is 929 g/mol. The fraction of sp³-hybridized carbons (Fsp3) is 0.340. The van der Waals surface area contributed by atoms with Gasteiger partial charge in [-0.1, -0.05) is 68.5 Å². The smallest absolute Gasteiger partial charge is 0.294 e. The summed E-state index contributed by atoms with van der Waals surface area (Å²) in [5.74, 6) is 5.61. The minimum absolute atomic E-state index is 0.0563. The van der Waals surface area contributed by atoms with Crippen LogP contribution in [-0.2, 0) is 57.3 Å². The Morgan fingerprint density at radius 3 is 2.09 bits per heavy atom. The third-order valence-electron chi connectivity index (χ3n) is 12.7. The Bertz CT molecular complexity index is 3180. The highest BCUT2D eigenvalue weighted by Gasteiger charge is 2.45. The Labute approximate surface area is 398 Å². The molecule has 0 fully saturated rings. The van der Waals surface area contributed by atoms with Gasteiger partial charge in [0, 0.05) is 78.0 Å². The number of allylic oxidation sites excluding steroid dienone is 4. The first-order valence-corrected chi connectivity index (χ1v) is 26.7. The number of nitrogens with zero attached hydrogens (tertiary/aromatic N) is 3. The number of anilines is 2. The van der Waals surface area contributed by atoms with Gasteiger partial charge in [-0.05, 0) is 92.4 Å². The zero-order valence-electron chi connectivity index (χ0n) is 38.3. The van der Waals surface area contributed by atoms with Crippen LogP contribution in [0, 0.1) is 11.8 Å². The molecule has 4 aromatic carbocycles. The van der Waals surface area contributed by atoms with Crippen molar-refractivity contribution in [1.82, 2.24) is 5.32 Å². The molecule has 2 amide bonds. The highest BCUT2D eigenvalue weighted by atomic mass is 32.2. The van der Waals surface area contributed by atoms with E-state index in [4.69, 9.17) is 0 Å². The van der Waals surface area contributed by atoms with E-state index < -0.39 is 46.9 Å². The molecule has 358 valence electrons. The predicted molar refractivity (Wildman–Crippen MR) is 260 cm³/mol. The Hall–Kier alpha value is -5.94. The van der Waals surface area contributed by atoms with E-state index in [1.165, 1.54) is 24.3 Å². The van der Waals surface area contributed by atoms with Crippen LogP contribution in [-0.4, -0.2) is 86.4 Å². The first-order valence-electron chi connectivity index (χ1n) is 22.2. The lowest BCUT2D eigenvalue weighted by Gasteiger charge is -2.27. The highest BCUT2D eigenvalue weighted by molar-refractivity contribution is 7.86. The Balaban J connectivity index is 1.04. The molecule has 0 saturated heterocycles. The first kappa shape index (κ1) is 50.0. The van der Waals surface area contributed by atoms with Crippen LogP contribution in [0.1, 0.15) is 94.0 Å². The SMILES string of the molecule is CC1(C)C(/C=C/C=C2/N(CCCCCC(=O)NCCC(=O)N3Cc4ccccc4C#Cc4ccccc43)c3ccc(S(=O)(=O)O)cc3C2(C)C)=[N+](CCCS(=O)(=O)O)c2ccc(S(=O)(=O)O)cc21. The first-order chi connectivity index (χ1) is 32.0. The number of hydrogen-bond acceptors (Lipinski definition) is 9. The lowest BCUT2D eigenvalue weighted by molar-refractivity contribution is -0.437. The fourth-order valence-corrected chi connectivity index (χ4v) is 10.7. The lowest BCUT2D eigenvalue weighted by Crippen LogP contribution is -2.35. The van der Waals surface area contributed by atoms with Gasteiger partial charge in [0.05, 0.1) is 33.2 Å². The summed E-state index contributed by atoms with van der Waals surface area (Å²) in [7, 11) is -13.3. The molecule has 0 aliphatic carbocycles. The summed E-state index contributed by atoms with van der Waals surface area (Å²) < 4.78 is 103. The van der Waals surface area contributed by atoms with Crippen molar-refractivity contribution in [3.63, 3.8) is 0 Å². The second kappa shape index (κ2) is 19.6. The van der Waals surface area contributed by atoms with Gasteiger partial charge in [-0.25, -0.2) is 0 Å². The second-order valence-electron chi connectivity index (χ2n) is 18.1. The largest absolute Gasteiger partial charge is 0.356 e. The van der Waals surface area contributed by atoms with Gasteiger partial charge in [0.25, 0.3) is 30.4 Å². The number of carbonyl (C=O) groups excluding carboxylic acids is 2. The molecular formula is C50H55N4O11S3+. The summed E-state index contributed by atoms with van der Waals surface area (Å²) in [4.78, 5) is 29.9. The van der Waals surface area contributed by atoms with Crippen LogP contribution in [0.4, 0.5) is 17.1 Å². The molecule has 4 aromatic rings. The van der Waals surface area contributed by atoms with E-state index in [0.717, 1.165) is 33.8 Å². The van der Waals surface area contributed by atoms with Gasteiger partial charge >= 0.3 is 0 Å². The van der Waals surface area contributed by atoms with E-state index >= 15 is 0 Å². The van der Waals surface area contributed by atoms with Crippen LogP contribution in [0.3, 0.4) is 0 Å². The van der Waals surface area contributed by atoms with E-state index in [0.29, 0.717) is 54.9 Å². The van der Waals surface area contributed by atoms with E-state index in [2.05, 4.69) is 22.1 Å². The van der Waals surface area contributed by atoms with Gasteiger partial charge in [-0.2, -0.15) is 29.8 Å². The summed E-state index contributed by atoms with van der Waals surface area (Å²) in [5, 5.41) is 2.90. The van der Waals surface area contributed by atoms with Crippen LogP contribution in [0.5, 0.6) is 0 Å². The van der Waals surface area contributed by atoms with Crippen molar-refractivity contribution >= 4 is 64.9 Å². The van der Waals surface area contributed by atoms with Crippen molar-refractivity contribution in [3.8, 4) is 11.8 Å². The molecule has 0 unspecified atom stereocenters. The summed E-state index contributed by atoms with van der Waals surface area (Å²) in [6, 6.07) is 23.9. The van der Waals surface area contributed by atoms with E-state index in [9.17, 15) is 48.5 Å². The number of unbranched alkanes of at least 4 members (excludes halogenated alkanes) is 2.